The standard InChI is InChI=1S/C12H12N2O3S/c1-14(2)11-7-3-6-10-9(11)5-4-8-12(10)18(16,17)13-15/h3-8H,1-2H3. The van der Waals surface area contributed by atoms with Crippen LogP contribution >= 0.6 is 0 Å². The summed E-state index contributed by atoms with van der Waals surface area (Å²) in [4.78, 5) is 12.3. The Morgan fingerprint density at radius 2 is 1.61 bits per heavy atom. The molecule has 5 nitrogen and oxygen atoms in total. The molecule has 0 spiro atoms. The fourth-order valence-corrected chi connectivity index (χ4v) is 2.71. The zero-order chi connectivity index (χ0) is 13.3. The highest BCUT2D eigenvalue weighted by Gasteiger charge is 2.18. The second kappa shape index (κ2) is 4.38. The molecule has 0 atom stereocenters. The first kappa shape index (κ1) is 12.5. The minimum Gasteiger partial charge on any atom is -0.377 e. The maximum Gasteiger partial charge on any atom is 0.317 e. The SMILES string of the molecule is CN(C)c1cccc2c(S(=O)(=O)N=O)cccc12. The van der Waals surface area contributed by atoms with Crippen LogP contribution < -0.4 is 4.90 Å². The van der Waals surface area contributed by atoms with Gasteiger partial charge in [0.25, 0.3) is 0 Å². The number of nitroso groups, excluding NO2 is 1. The van der Waals surface area contributed by atoms with Gasteiger partial charge in [-0.25, -0.2) is 0 Å². The number of anilines is 1. The number of sulfonamides is 1. The third-order valence-corrected chi connectivity index (χ3v) is 3.82. The molecule has 0 saturated heterocycles. The molecule has 94 valence electrons. The van der Waals surface area contributed by atoms with Gasteiger partial charge in [-0.15, -0.1) is 4.91 Å². The largest absolute Gasteiger partial charge is 0.377 e. The van der Waals surface area contributed by atoms with E-state index in [-0.39, 0.29) is 4.90 Å². The van der Waals surface area contributed by atoms with E-state index in [9.17, 15) is 13.3 Å². The average Bonchev–Trinajstić information content (AvgIpc) is 2.37. The number of hydrogen-bond acceptors (Lipinski definition) is 4. The number of rotatable bonds is 3. The molecule has 0 fully saturated rings. The van der Waals surface area contributed by atoms with Gasteiger partial charge in [0.2, 0.25) is 0 Å². The molecule has 2 rings (SSSR count). The lowest BCUT2D eigenvalue weighted by Crippen LogP contribution is -2.09. The number of fused-ring (bicyclic) bond motifs is 1. The molecule has 0 aliphatic rings. The molecule has 0 heterocycles. The second-order valence-corrected chi connectivity index (χ2v) is 5.61. The zero-order valence-corrected chi connectivity index (χ0v) is 10.8. The number of nitrogens with zero attached hydrogens (tertiary/aromatic N) is 2. The zero-order valence-electron chi connectivity index (χ0n) is 9.99. The van der Waals surface area contributed by atoms with Crippen molar-refractivity contribution in [2.24, 2.45) is 4.58 Å². The minimum atomic E-state index is -4.12. The molecule has 2 aromatic rings. The van der Waals surface area contributed by atoms with Gasteiger partial charge in [0.05, 0.1) is 4.58 Å². The van der Waals surface area contributed by atoms with Gasteiger partial charge in [-0.05, 0) is 12.1 Å². The fourth-order valence-electron chi connectivity index (χ4n) is 1.92. The molecule has 0 amide bonds. The summed E-state index contributed by atoms with van der Waals surface area (Å²) in [5.41, 5.74) is 0.885. The van der Waals surface area contributed by atoms with E-state index in [2.05, 4.69) is 4.58 Å². The molecule has 6 heteroatoms. The predicted octanol–water partition coefficient (Wildman–Crippen LogP) is 2.36. The van der Waals surface area contributed by atoms with E-state index >= 15 is 0 Å². The molecule has 0 aliphatic carbocycles. The third kappa shape index (κ3) is 1.95. The summed E-state index contributed by atoms with van der Waals surface area (Å²) in [6.45, 7) is 0. The van der Waals surface area contributed by atoms with E-state index in [4.69, 9.17) is 0 Å². The monoisotopic (exact) mass is 264 g/mol. The summed E-state index contributed by atoms with van der Waals surface area (Å²) in [7, 11) is -0.378. The van der Waals surface area contributed by atoms with Crippen molar-refractivity contribution in [3.63, 3.8) is 0 Å². The fraction of sp³-hybridized carbons (Fsp3) is 0.167. The average molecular weight is 264 g/mol. The molecule has 2 aromatic carbocycles. The number of benzene rings is 2. The highest BCUT2D eigenvalue weighted by Crippen LogP contribution is 2.30. The smallest absolute Gasteiger partial charge is 0.317 e. The van der Waals surface area contributed by atoms with E-state index in [1.807, 2.05) is 31.1 Å². The summed E-state index contributed by atoms with van der Waals surface area (Å²) >= 11 is 0. The predicted molar refractivity (Wildman–Crippen MR) is 71.3 cm³/mol. The molecule has 0 N–H and O–H groups in total. The minimum absolute atomic E-state index is 0.0568. The molecule has 18 heavy (non-hydrogen) atoms. The van der Waals surface area contributed by atoms with Crippen molar-refractivity contribution in [1.82, 2.24) is 0 Å². The van der Waals surface area contributed by atoms with Gasteiger partial charge in [0.1, 0.15) is 4.90 Å². The van der Waals surface area contributed by atoms with Gasteiger partial charge in [0, 0.05) is 30.6 Å². The van der Waals surface area contributed by atoms with E-state index in [0.717, 1.165) is 11.1 Å². The van der Waals surface area contributed by atoms with Crippen LogP contribution in [0.15, 0.2) is 45.9 Å². The Hall–Kier alpha value is -1.95. The van der Waals surface area contributed by atoms with Crippen LogP contribution in [-0.2, 0) is 10.0 Å². The van der Waals surface area contributed by atoms with Crippen molar-refractivity contribution in [3.8, 4) is 0 Å². The Labute approximate surface area is 105 Å². The van der Waals surface area contributed by atoms with Gasteiger partial charge in [-0.3, -0.25) is 0 Å². The van der Waals surface area contributed by atoms with Crippen molar-refractivity contribution in [2.75, 3.05) is 19.0 Å². The van der Waals surface area contributed by atoms with Crippen molar-refractivity contribution in [2.45, 2.75) is 4.90 Å². The molecular weight excluding hydrogens is 252 g/mol. The van der Waals surface area contributed by atoms with Crippen LogP contribution in [-0.4, -0.2) is 22.5 Å². The van der Waals surface area contributed by atoms with Crippen LogP contribution in [0.2, 0.25) is 0 Å². The Bertz CT molecular complexity index is 708. The van der Waals surface area contributed by atoms with Gasteiger partial charge in [0.15, 0.2) is 0 Å². The van der Waals surface area contributed by atoms with Crippen LogP contribution in [0.3, 0.4) is 0 Å². The summed E-state index contributed by atoms with van der Waals surface area (Å²) in [6, 6.07) is 10.1. The highest BCUT2D eigenvalue weighted by atomic mass is 32.2. The maximum atomic E-state index is 11.6. The normalized spacial score (nSPS) is 11.4. The van der Waals surface area contributed by atoms with Gasteiger partial charge < -0.3 is 4.90 Å². The molecule has 0 bridgehead atoms. The van der Waals surface area contributed by atoms with Crippen LogP contribution in [0.1, 0.15) is 0 Å². The summed E-state index contributed by atoms with van der Waals surface area (Å²) < 4.78 is 25.4. The van der Waals surface area contributed by atoms with E-state index in [0.29, 0.717) is 5.39 Å². The molecular formula is C12H12N2O3S. The van der Waals surface area contributed by atoms with Gasteiger partial charge in [-0.2, -0.15) is 8.42 Å². The van der Waals surface area contributed by atoms with E-state index in [1.165, 1.54) is 6.07 Å². The van der Waals surface area contributed by atoms with Crippen molar-refractivity contribution in [3.05, 3.63) is 41.3 Å². The van der Waals surface area contributed by atoms with Crippen LogP contribution in [0.4, 0.5) is 5.69 Å². The molecule has 0 unspecified atom stereocenters. The topological polar surface area (TPSA) is 66.8 Å². The van der Waals surface area contributed by atoms with Gasteiger partial charge >= 0.3 is 10.0 Å². The Balaban J connectivity index is 2.88. The quantitative estimate of drug-likeness (QED) is 0.798. The lowest BCUT2D eigenvalue weighted by Gasteiger charge is -2.16. The van der Waals surface area contributed by atoms with Crippen molar-refractivity contribution >= 4 is 26.5 Å². The van der Waals surface area contributed by atoms with Crippen molar-refractivity contribution < 1.29 is 8.42 Å². The van der Waals surface area contributed by atoms with Crippen LogP contribution in [0.25, 0.3) is 10.8 Å². The summed E-state index contributed by atoms with van der Waals surface area (Å²) in [5.74, 6) is 0. The first-order valence-corrected chi connectivity index (χ1v) is 6.70. The van der Waals surface area contributed by atoms with E-state index < -0.39 is 10.0 Å². The summed E-state index contributed by atoms with van der Waals surface area (Å²) in [6.07, 6.45) is 0. The molecule has 0 radical (unpaired) electrons. The lowest BCUT2D eigenvalue weighted by atomic mass is 10.1. The van der Waals surface area contributed by atoms with Crippen LogP contribution in [0, 0.1) is 4.91 Å². The van der Waals surface area contributed by atoms with Gasteiger partial charge in [-0.1, -0.05) is 24.3 Å². The highest BCUT2D eigenvalue weighted by molar-refractivity contribution is 7.90. The third-order valence-electron chi connectivity index (χ3n) is 2.72. The second-order valence-electron chi connectivity index (χ2n) is 4.07. The maximum absolute atomic E-state index is 11.6. The number of hydrogen-bond donors (Lipinski definition) is 0. The van der Waals surface area contributed by atoms with Crippen molar-refractivity contribution in [1.29, 1.82) is 0 Å². The molecule has 0 saturated carbocycles. The lowest BCUT2D eigenvalue weighted by molar-refractivity contribution is 0.598. The first-order valence-electron chi connectivity index (χ1n) is 5.26. The first-order chi connectivity index (χ1) is 8.47. The molecule has 0 aromatic heterocycles. The van der Waals surface area contributed by atoms with Crippen LogP contribution in [0.5, 0.6) is 0 Å². The van der Waals surface area contributed by atoms with E-state index in [1.54, 1.807) is 18.2 Å². The Morgan fingerprint density at radius 3 is 2.22 bits per heavy atom. The summed E-state index contributed by atoms with van der Waals surface area (Å²) in [5, 5.41) is 1.27. The Kier molecular flexibility index (Phi) is 3.04. The Morgan fingerprint density at radius 1 is 1.00 bits per heavy atom. The molecule has 0 aliphatic heterocycles.